The molecule has 0 aromatic rings. The van der Waals surface area contributed by atoms with Crippen molar-refractivity contribution in [3.63, 3.8) is 0 Å². The molecule has 0 saturated heterocycles. The molecule has 2 fully saturated rings. The van der Waals surface area contributed by atoms with Crippen LogP contribution in [-0.4, -0.2) is 43.0 Å². The van der Waals surface area contributed by atoms with Crippen LogP contribution < -0.4 is 21.3 Å². The van der Waals surface area contributed by atoms with Crippen LogP contribution in [-0.2, 0) is 9.59 Å². The minimum absolute atomic E-state index is 0.00358. The van der Waals surface area contributed by atoms with Gasteiger partial charge >= 0.3 is 6.03 Å². The van der Waals surface area contributed by atoms with E-state index in [0.29, 0.717) is 6.04 Å². The summed E-state index contributed by atoms with van der Waals surface area (Å²) in [4.78, 5) is 34.6. The summed E-state index contributed by atoms with van der Waals surface area (Å²) in [5.41, 5.74) is 0. The Balaban J connectivity index is 1.48. The normalized spacial score (nSPS) is 18.4. The zero-order valence-corrected chi connectivity index (χ0v) is 13.0. The highest BCUT2D eigenvalue weighted by atomic mass is 16.2. The maximum Gasteiger partial charge on any atom is 0.315 e. The SMILES string of the molecule is O=C(CCNC(=O)NC1CCCCC1)NCC(=O)NC1CC1. The fourth-order valence-corrected chi connectivity index (χ4v) is 2.55. The largest absolute Gasteiger partial charge is 0.352 e. The van der Waals surface area contributed by atoms with Crippen LogP contribution in [0, 0.1) is 0 Å². The fourth-order valence-electron chi connectivity index (χ4n) is 2.55. The Kier molecular flexibility index (Phi) is 6.48. The van der Waals surface area contributed by atoms with E-state index in [4.69, 9.17) is 0 Å². The van der Waals surface area contributed by atoms with Gasteiger partial charge in [-0.25, -0.2) is 4.79 Å². The Bertz CT molecular complexity index is 404. The molecule has 0 heterocycles. The number of rotatable bonds is 7. The summed E-state index contributed by atoms with van der Waals surface area (Å²) in [6.07, 6.45) is 7.86. The standard InChI is InChI=1S/C15H26N4O3/c20-13(17-10-14(21)18-12-6-7-12)8-9-16-15(22)19-11-4-2-1-3-5-11/h11-12H,1-10H2,(H,17,20)(H,18,21)(H2,16,19,22). The lowest BCUT2D eigenvalue weighted by molar-refractivity contribution is -0.126. The molecule has 22 heavy (non-hydrogen) atoms. The van der Waals surface area contributed by atoms with Crippen molar-refractivity contribution >= 4 is 17.8 Å². The second-order valence-corrected chi connectivity index (χ2v) is 6.10. The molecule has 0 atom stereocenters. The van der Waals surface area contributed by atoms with E-state index in [9.17, 15) is 14.4 Å². The average Bonchev–Trinajstić information content (AvgIpc) is 3.30. The van der Waals surface area contributed by atoms with Gasteiger partial charge in [0, 0.05) is 25.0 Å². The van der Waals surface area contributed by atoms with Crippen LogP contribution in [0.3, 0.4) is 0 Å². The van der Waals surface area contributed by atoms with Crippen molar-refractivity contribution in [2.24, 2.45) is 0 Å². The minimum Gasteiger partial charge on any atom is -0.352 e. The molecule has 7 nitrogen and oxygen atoms in total. The van der Waals surface area contributed by atoms with Crippen molar-refractivity contribution in [3.8, 4) is 0 Å². The van der Waals surface area contributed by atoms with Gasteiger partial charge in [0.1, 0.15) is 0 Å². The first-order chi connectivity index (χ1) is 10.6. The van der Waals surface area contributed by atoms with Crippen LogP contribution in [0.4, 0.5) is 4.79 Å². The molecule has 0 aliphatic heterocycles. The highest BCUT2D eigenvalue weighted by Gasteiger charge is 2.23. The van der Waals surface area contributed by atoms with E-state index >= 15 is 0 Å². The molecular formula is C15H26N4O3. The number of amides is 4. The number of carbonyl (C=O) groups is 3. The molecule has 2 rings (SSSR count). The van der Waals surface area contributed by atoms with Gasteiger partial charge in [-0.15, -0.1) is 0 Å². The molecule has 7 heteroatoms. The molecule has 0 unspecified atom stereocenters. The average molecular weight is 310 g/mol. The molecule has 124 valence electrons. The molecule has 0 aromatic carbocycles. The lowest BCUT2D eigenvalue weighted by Crippen LogP contribution is -2.44. The lowest BCUT2D eigenvalue weighted by atomic mass is 9.96. The summed E-state index contributed by atoms with van der Waals surface area (Å²) in [5, 5.41) is 10.9. The predicted molar refractivity (Wildman–Crippen MR) is 82.2 cm³/mol. The molecule has 0 spiro atoms. The van der Waals surface area contributed by atoms with Gasteiger partial charge in [-0.05, 0) is 25.7 Å². The maximum absolute atomic E-state index is 11.7. The van der Waals surface area contributed by atoms with E-state index < -0.39 is 0 Å². The van der Waals surface area contributed by atoms with Crippen LogP contribution in [0.25, 0.3) is 0 Å². The van der Waals surface area contributed by atoms with E-state index in [1.54, 1.807) is 0 Å². The first kappa shape index (κ1) is 16.6. The molecule has 4 amide bonds. The molecule has 4 N–H and O–H groups in total. The zero-order chi connectivity index (χ0) is 15.8. The van der Waals surface area contributed by atoms with Crippen LogP contribution in [0.2, 0.25) is 0 Å². The minimum atomic E-state index is -0.232. The summed E-state index contributed by atoms with van der Waals surface area (Å²) in [5.74, 6) is -0.386. The highest BCUT2D eigenvalue weighted by Crippen LogP contribution is 2.18. The van der Waals surface area contributed by atoms with Crippen LogP contribution in [0.15, 0.2) is 0 Å². The maximum atomic E-state index is 11.7. The molecule has 2 aliphatic carbocycles. The summed E-state index contributed by atoms with van der Waals surface area (Å²) in [7, 11) is 0. The zero-order valence-electron chi connectivity index (χ0n) is 13.0. The second-order valence-electron chi connectivity index (χ2n) is 6.10. The van der Waals surface area contributed by atoms with E-state index in [-0.39, 0.29) is 43.4 Å². The fraction of sp³-hybridized carbons (Fsp3) is 0.800. The summed E-state index contributed by atoms with van der Waals surface area (Å²) >= 11 is 0. The van der Waals surface area contributed by atoms with Gasteiger partial charge in [-0.3, -0.25) is 9.59 Å². The monoisotopic (exact) mass is 310 g/mol. The summed E-state index contributed by atoms with van der Waals surface area (Å²) in [6, 6.07) is 0.342. The molecule has 0 aromatic heterocycles. The third-order valence-electron chi connectivity index (χ3n) is 3.97. The number of hydrogen-bond acceptors (Lipinski definition) is 3. The van der Waals surface area contributed by atoms with Gasteiger partial charge < -0.3 is 21.3 Å². The first-order valence-electron chi connectivity index (χ1n) is 8.24. The van der Waals surface area contributed by atoms with Crippen molar-refractivity contribution < 1.29 is 14.4 Å². The van der Waals surface area contributed by atoms with Crippen molar-refractivity contribution in [2.75, 3.05) is 13.1 Å². The van der Waals surface area contributed by atoms with Crippen LogP contribution in [0.1, 0.15) is 51.4 Å². The molecule has 0 radical (unpaired) electrons. The predicted octanol–water partition coefficient (Wildman–Crippen LogP) is 0.403. The Morgan fingerprint density at radius 3 is 2.14 bits per heavy atom. The summed E-state index contributed by atoms with van der Waals surface area (Å²) in [6.45, 7) is 0.276. The number of carbonyl (C=O) groups excluding carboxylic acids is 3. The number of nitrogens with one attached hydrogen (secondary N) is 4. The first-order valence-corrected chi connectivity index (χ1v) is 8.24. The van der Waals surface area contributed by atoms with Crippen LogP contribution >= 0.6 is 0 Å². The van der Waals surface area contributed by atoms with Gasteiger partial charge in [0.15, 0.2) is 0 Å². The lowest BCUT2D eigenvalue weighted by Gasteiger charge is -2.22. The Hall–Kier alpha value is -1.79. The smallest absolute Gasteiger partial charge is 0.315 e. The Morgan fingerprint density at radius 1 is 0.773 bits per heavy atom. The highest BCUT2D eigenvalue weighted by molar-refractivity contribution is 5.85. The van der Waals surface area contributed by atoms with Gasteiger partial charge in [-0.2, -0.15) is 0 Å². The van der Waals surface area contributed by atoms with Crippen molar-refractivity contribution in [1.29, 1.82) is 0 Å². The second kappa shape index (κ2) is 8.60. The van der Waals surface area contributed by atoms with E-state index in [0.717, 1.165) is 38.5 Å². The van der Waals surface area contributed by atoms with Crippen molar-refractivity contribution in [3.05, 3.63) is 0 Å². The topological polar surface area (TPSA) is 99.3 Å². The van der Waals surface area contributed by atoms with Crippen LogP contribution in [0.5, 0.6) is 0 Å². The molecule has 2 aliphatic rings. The summed E-state index contributed by atoms with van der Waals surface area (Å²) < 4.78 is 0. The van der Waals surface area contributed by atoms with Gasteiger partial charge in [-0.1, -0.05) is 19.3 Å². The number of hydrogen-bond donors (Lipinski definition) is 4. The van der Waals surface area contributed by atoms with Crippen molar-refractivity contribution in [1.82, 2.24) is 21.3 Å². The Labute approximate surface area is 131 Å². The van der Waals surface area contributed by atoms with E-state index in [1.165, 1.54) is 6.42 Å². The van der Waals surface area contributed by atoms with E-state index in [1.807, 2.05) is 0 Å². The molecule has 2 saturated carbocycles. The van der Waals surface area contributed by atoms with Gasteiger partial charge in [0.25, 0.3) is 0 Å². The molecular weight excluding hydrogens is 284 g/mol. The number of urea groups is 1. The molecule has 0 bridgehead atoms. The third kappa shape index (κ3) is 6.78. The Morgan fingerprint density at radius 2 is 1.45 bits per heavy atom. The van der Waals surface area contributed by atoms with Gasteiger partial charge in [0.2, 0.25) is 11.8 Å². The third-order valence-corrected chi connectivity index (χ3v) is 3.97. The van der Waals surface area contributed by atoms with E-state index in [2.05, 4.69) is 21.3 Å². The van der Waals surface area contributed by atoms with Crippen molar-refractivity contribution in [2.45, 2.75) is 63.5 Å². The quantitative estimate of drug-likeness (QED) is 0.548. The van der Waals surface area contributed by atoms with Gasteiger partial charge in [0.05, 0.1) is 6.54 Å².